The van der Waals surface area contributed by atoms with E-state index in [0.717, 1.165) is 17.0 Å². The van der Waals surface area contributed by atoms with E-state index in [9.17, 15) is 14.0 Å². The Morgan fingerprint density at radius 2 is 2.03 bits per heavy atom. The maximum atomic E-state index is 14.3. The van der Waals surface area contributed by atoms with Crippen LogP contribution in [0, 0.1) is 12.7 Å². The summed E-state index contributed by atoms with van der Waals surface area (Å²) in [6.45, 7) is 3.24. The second-order valence-corrected chi connectivity index (χ2v) is 7.77. The second-order valence-electron chi connectivity index (χ2n) is 7.77. The van der Waals surface area contributed by atoms with E-state index in [2.05, 4.69) is 9.97 Å². The first-order chi connectivity index (χ1) is 14.0. The number of carbonyl (C=O) groups excluding carboxylic acids is 2. The summed E-state index contributed by atoms with van der Waals surface area (Å²) < 4.78 is 19.4. The first kappa shape index (κ1) is 19.6. The zero-order valence-corrected chi connectivity index (χ0v) is 16.7. The smallest absolute Gasteiger partial charge is 0.256 e. The van der Waals surface area contributed by atoms with Crippen LogP contribution < -0.4 is 0 Å². The Morgan fingerprint density at radius 1 is 1.28 bits per heavy atom. The molecule has 0 radical (unpaired) electrons. The zero-order valence-electron chi connectivity index (χ0n) is 16.7. The van der Waals surface area contributed by atoms with Crippen molar-refractivity contribution in [2.45, 2.75) is 31.7 Å². The molecule has 4 rings (SSSR count). The molecule has 0 unspecified atom stereocenters. The Kier molecular flexibility index (Phi) is 5.12. The van der Waals surface area contributed by atoms with Crippen LogP contribution in [0.1, 0.15) is 40.2 Å². The fourth-order valence-corrected chi connectivity index (χ4v) is 4.59. The lowest BCUT2D eigenvalue weighted by molar-refractivity contribution is -0.145. The minimum Gasteiger partial charge on any atom is -0.375 e. The molecule has 0 atom stereocenters. The van der Waals surface area contributed by atoms with Crippen LogP contribution in [0.25, 0.3) is 0 Å². The molecule has 1 aromatic heterocycles. The number of nitrogens with zero attached hydrogens (tertiary/aromatic N) is 3. The number of hydrogen-bond donors (Lipinski definition) is 1. The van der Waals surface area contributed by atoms with Crippen LogP contribution in [0.5, 0.6) is 0 Å². The van der Waals surface area contributed by atoms with E-state index in [1.54, 1.807) is 24.2 Å². The number of piperidine rings is 1. The van der Waals surface area contributed by atoms with Crippen LogP contribution in [-0.2, 0) is 21.5 Å². The summed E-state index contributed by atoms with van der Waals surface area (Å²) in [6.07, 6.45) is 3.48. The number of likely N-dealkylation sites (tertiary alicyclic amines) is 1. The maximum Gasteiger partial charge on any atom is 0.256 e. The topological polar surface area (TPSA) is 78.5 Å². The molecule has 2 amide bonds. The maximum absolute atomic E-state index is 14.3. The molecule has 8 heteroatoms. The third kappa shape index (κ3) is 3.31. The summed E-state index contributed by atoms with van der Waals surface area (Å²) >= 11 is 0. The van der Waals surface area contributed by atoms with Gasteiger partial charge < -0.3 is 19.5 Å². The van der Waals surface area contributed by atoms with Gasteiger partial charge in [-0.25, -0.2) is 9.37 Å². The van der Waals surface area contributed by atoms with Gasteiger partial charge in [0.2, 0.25) is 5.91 Å². The number of carbonyl (C=O) groups is 2. The molecule has 1 fully saturated rings. The molecule has 1 saturated heterocycles. The van der Waals surface area contributed by atoms with Gasteiger partial charge in [0.15, 0.2) is 0 Å². The molecule has 1 spiro atoms. The molecule has 7 nitrogen and oxygen atoms in total. The molecule has 1 aromatic carbocycles. The molecule has 2 aliphatic heterocycles. The van der Waals surface area contributed by atoms with Gasteiger partial charge in [0, 0.05) is 38.9 Å². The number of nitrogens with one attached hydrogen (secondary N) is 1. The largest absolute Gasteiger partial charge is 0.375 e. The number of aromatic amines is 1. The zero-order chi connectivity index (χ0) is 20.6. The monoisotopic (exact) mass is 400 g/mol. The van der Waals surface area contributed by atoms with Crippen molar-refractivity contribution in [1.82, 2.24) is 19.8 Å². The summed E-state index contributed by atoms with van der Waals surface area (Å²) in [5.74, 6) is -0.893. The Balaban J connectivity index is 1.58. The van der Waals surface area contributed by atoms with Crippen LogP contribution in [0.4, 0.5) is 4.39 Å². The Labute approximate surface area is 168 Å². The van der Waals surface area contributed by atoms with Gasteiger partial charge in [-0.15, -0.1) is 0 Å². The molecule has 3 heterocycles. The number of hydrogen-bond acceptors (Lipinski definition) is 4. The number of fused-ring (bicyclic) bond motifs is 2. The number of rotatable bonds is 3. The molecular weight excluding hydrogens is 375 g/mol. The summed E-state index contributed by atoms with van der Waals surface area (Å²) in [4.78, 5) is 36.9. The molecule has 0 aliphatic carbocycles. The van der Waals surface area contributed by atoms with Gasteiger partial charge in [-0.1, -0.05) is 6.07 Å². The highest BCUT2D eigenvalue weighted by atomic mass is 19.1. The first-order valence-electron chi connectivity index (χ1n) is 9.84. The average molecular weight is 400 g/mol. The van der Waals surface area contributed by atoms with Crippen molar-refractivity contribution in [3.05, 3.63) is 52.9 Å². The Morgan fingerprint density at radius 3 is 2.72 bits per heavy atom. The van der Waals surface area contributed by atoms with Crippen LogP contribution in [0.3, 0.4) is 0 Å². The van der Waals surface area contributed by atoms with Crippen molar-refractivity contribution in [3.8, 4) is 0 Å². The van der Waals surface area contributed by atoms with Crippen molar-refractivity contribution < 1.29 is 18.7 Å². The number of aromatic nitrogens is 2. The van der Waals surface area contributed by atoms with E-state index in [1.807, 2.05) is 4.90 Å². The van der Waals surface area contributed by atoms with Crippen molar-refractivity contribution in [2.24, 2.45) is 0 Å². The number of imidazole rings is 1. The fraction of sp³-hybridized carbons (Fsp3) is 0.476. The van der Waals surface area contributed by atoms with Gasteiger partial charge in [0.1, 0.15) is 12.4 Å². The predicted molar refractivity (Wildman–Crippen MR) is 104 cm³/mol. The molecule has 154 valence electrons. The van der Waals surface area contributed by atoms with E-state index >= 15 is 0 Å². The van der Waals surface area contributed by atoms with Gasteiger partial charge in [-0.05, 0) is 37.5 Å². The number of amides is 2. The molecule has 2 aromatic rings. The fourth-order valence-electron chi connectivity index (χ4n) is 4.59. The molecule has 1 N–H and O–H groups in total. The Hall–Kier alpha value is -2.74. The number of ether oxygens (including phenoxy) is 1. The van der Waals surface area contributed by atoms with E-state index in [4.69, 9.17) is 4.74 Å². The number of aryl methyl sites for hydroxylation is 1. The third-order valence-electron chi connectivity index (χ3n) is 6.06. The van der Waals surface area contributed by atoms with E-state index in [-0.39, 0.29) is 24.0 Å². The molecule has 29 heavy (non-hydrogen) atoms. The van der Waals surface area contributed by atoms with Gasteiger partial charge in [0.05, 0.1) is 23.1 Å². The number of methoxy groups -OCH3 is 1. The minimum atomic E-state index is -0.564. The lowest BCUT2D eigenvalue weighted by atomic mass is 9.78. The van der Waals surface area contributed by atoms with Gasteiger partial charge >= 0.3 is 0 Å². The third-order valence-corrected chi connectivity index (χ3v) is 6.06. The van der Waals surface area contributed by atoms with Crippen LogP contribution in [0.2, 0.25) is 0 Å². The molecule has 0 bridgehead atoms. The molecule has 0 saturated carbocycles. The summed E-state index contributed by atoms with van der Waals surface area (Å²) in [6, 6.07) is 4.66. The van der Waals surface area contributed by atoms with Gasteiger partial charge in [0.25, 0.3) is 5.91 Å². The van der Waals surface area contributed by atoms with Crippen molar-refractivity contribution >= 4 is 11.8 Å². The van der Waals surface area contributed by atoms with Crippen molar-refractivity contribution in [1.29, 1.82) is 0 Å². The second kappa shape index (κ2) is 7.59. The SMILES string of the molecule is COCC(=O)N1CCc2[nH]cnc2C12CCN(C(=O)c1ccc(C)cc1F)CC2. The van der Waals surface area contributed by atoms with E-state index < -0.39 is 11.4 Å². The highest BCUT2D eigenvalue weighted by molar-refractivity contribution is 5.94. The number of benzene rings is 1. The van der Waals surface area contributed by atoms with Crippen molar-refractivity contribution in [2.75, 3.05) is 33.4 Å². The van der Waals surface area contributed by atoms with Gasteiger partial charge in [-0.3, -0.25) is 9.59 Å². The Bertz CT molecular complexity index is 934. The lowest BCUT2D eigenvalue weighted by Crippen LogP contribution is -2.59. The van der Waals surface area contributed by atoms with Crippen LogP contribution in [-0.4, -0.2) is 64.9 Å². The van der Waals surface area contributed by atoms with Crippen LogP contribution in [0.15, 0.2) is 24.5 Å². The highest BCUT2D eigenvalue weighted by Gasteiger charge is 2.49. The quantitative estimate of drug-likeness (QED) is 0.855. The molecular formula is C21H25FN4O3. The lowest BCUT2D eigenvalue weighted by Gasteiger charge is -2.50. The van der Waals surface area contributed by atoms with Crippen LogP contribution >= 0.6 is 0 Å². The summed E-state index contributed by atoms with van der Waals surface area (Å²) in [5, 5.41) is 0. The molecule has 2 aliphatic rings. The van der Waals surface area contributed by atoms with E-state index in [1.165, 1.54) is 19.2 Å². The minimum absolute atomic E-state index is 0.0126. The average Bonchev–Trinajstić information content (AvgIpc) is 3.19. The summed E-state index contributed by atoms with van der Waals surface area (Å²) in [5.41, 5.74) is 2.21. The van der Waals surface area contributed by atoms with E-state index in [0.29, 0.717) is 38.9 Å². The number of H-pyrrole nitrogens is 1. The predicted octanol–water partition coefficient (Wildman–Crippen LogP) is 2.02. The van der Waals surface area contributed by atoms with Crippen molar-refractivity contribution in [3.63, 3.8) is 0 Å². The first-order valence-corrected chi connectivity index (χ1v) is 9.84. The van der Waals surface area contributed by atoms with Gasteiger partial charge in [-0.2, -0.15) is 0 Å². The number of halogens is 1. The normalized spacial score (nSPS) is 18.0. The standard InChI is InChI=1S/C21H25FN4O3/c1-14-3-4-15(16(22)11-14)20(28)25-9-6-21(7-10-25)19-17(23-13-24-19)5-8-26(21)18(27)12-29-2/h3-4,11,13H,5-10,12H2,1-2H3,(H,23,24). The summed E-state index contributed by atoms with van der Waals surface area (Å²) in [7, 11) is 1.51. The highest BCUT2D eigenvalue weighted by Crippen LogP contribution is 2.42.